The average molecular weight is 320 g/mol. The van der Waals surface area contributed by atoms with Gasteiger partial charge in [-0.25, -0.2) is 0 Å². The first-order valence-corrected chi connectivity index (χ1v) is 7.97. The highest BCUT2D eigenvalue weighted by molar-refractivity contribution is 5.66. The van der Waals surface area contributed by atoms with Gasteiger partial charge in [0, 0.05) is 25.5 Å². The van der Waals surface area contributed by atoms with Gasteiger partial charge in [0.15, 0.2) is 0 Å². The Kier molecular flexibility index (Phi) is 4.56. The van der Waals surface area contributed by atoms with E-state index in [9.17, 15) is 14.9 Å². The second-order valence-electron chi connectivity index (χ2n) is 6.19. The Balaban J connectivity index is 1.88. The van der Waals surface area contributed by atoms with Crippen LogP contribution in [0.3, 0.4) is 0 Å². The molecule has 4 unspecified atom stereocenters. The van der Waals surface area contributed by atoms with Crippen molar-refractivity contribution in [3.05, 3.63) is 34.1 Å². The molecule has 23 heavy (non-hydrogen) atoms. The van der Waals surface area contributed by atoms with Crippen molar-refractivity contribution >= 4 is 11.7 Å². The minimum Gasteiger partial charge on any atom is -0.462 e. The maximum Gasteiger partial charge on any atom is 0.302 e. The van der Waals surface area contributed by atoms with Crippen LogP contribution < -0.4 is 0 Å². The van der Waals surface area contributed by atoms with E-state index in [4.69, 9.17) is 9.47 Å². The molecule has 7 nitrogen and oxygen atoms in total. The van der Waals surface area contributed by atoms with Crippen LogP contribution in [-0.2, 0) is 14.3 Å². The first-order chi connectivity index (χ1) is 11.1. The van der Waals surface area contributed by atoms with Crippen molar-refractivity contribution in [3.8, 4) is 0 Å². The Morgan fingerprint density at radius 2 is 2.22 bits per heavy atom. The average Bonchev–Trinajstić information content (AvgIpc) is 2.54. The summed E-state index contributed by atoms with van der Waals surface area (Å²) in [7, 11) is 0. The predicted molar refractivity (Wildman–Crippen MR) is 80.6 cm³/mol. The second kappa shape index (κ2) is 6.62. The van der Waals surface area contributed by atoms with Gasteiger partial charge in [-0.3, -0.25) is 19.9 Å². The number of carbonyl (C=O) groups is 1. The van der Waals surface area contributed by atoms with E-state index in [1.807, 2.05) is 0 Å². The van der Waals surface area contributed by atoms with Crippen molar-refractivity contribution in [1.29, 1.82) is 0 Å². The predicted octanol–water partition coefficient (Wildman–Crippen LogP) is 2.94. The molecule has 0 amide bonds. The third-order valence-corrected chi connectivity index (χ3v) is 4.71. The van der Waals surface area contributed by atoms with Crippen molar-refractivity contribution in [2.75, 3.05) is 0 Å². The van der Waals surface area contributed by atoms with Gasteiger partial charge >= 0.3 is 5.97 Å². The standard InChI is InChI=1S/C16H20N2O5/c1-10(19)22-16-8-15(23-14-5-3-2-4-12(14)16)11-6-7-17-9-13(11)18(20)21/h6-7,9,12,14-16H,2-5,8H2,1H3. The van der Waals surface area contributed by atoms with Crippen molar-refractivity contribution in [1.82, 2.24) is 4.98 Å². The number of esters is 1. The lowest BCUT2D eigenvalue weighted by atomic mass is 9.78. The van der Waals surface area contributed by atoms with E-state index in [2.05, 4.69) is 4.98 Å². The molecule has 3 rings (SSSR count). The first kappa shape index (κ1) is 15.9. The van der Waals surface area contributed by atoms with Crippen LogP contribution in [0.1, 0.15) is 50.7 Å². The molecule has 2 fully saturated rings. The number of rotatable bonds is 3. The summed E-state index contributed by atoms with van der Waals surface area (Å²) in [5.74, 6) is -0.131. The minimum absolute atomic E-state index is 0.0142. The van der Waals surface area contributed by atoms with Crippen LogP contribution in [0.5, 0.6) is 0 Å². The molecule has 1 saturated heterocycles. The van der Waals surface area contributed by atoms with Gasteiger partial charge < -0.3 is 9.47 Å². The van der Waals surface area contributed by atoms with Crippen molar-refractivity contribution in [2.45, 2.75) is 57.3 Å². The van der Waals surface area contributed by atoms with Gasteiger partial charge in [-0.2, -0.15) is 0 Å². The molecule has 1 aromatic heterocycles. The van der Waals surface area contributed by atoms with Crippen LogP contribution in [0.15, 0.2) is 18.5 Å². The normalized spacial score (nSPS) is 30.3. The van der Waals surface area contributed by atoms with Crippen LogP contribution in [0.25, 0.3) is 0 Å². The number of nitrogens with zero attached hydrogens (tertiary/aromatic N) is 2. The fraction of sp³-hybridized carbons (Fsp3) is 0.625. The van der Waals surface area contributed by atoms with E-state index >= 15 is 0 Å². The largest absolute Gasteiger partial charge is 0.462 e. The van der Waals surface area contributed by atoms with E-state index in [0.29, 0.717) is 12.0 Å². The molecule has 0 radical (unpaired) electrons. The van der Waals surface area contributed by atoms with E-state index in [0.717, 1.165) is 25.7 Å². The summed E-state index contributed by atoms with van der Waals surface area (Å²) in [6, 6.07) is 1.62. The maximum absolute atomic E-state index is 11.4. The number of pyridine rings is 1. The number of carbonyl (C=O) groups excluding carboxylic acids is 1. The van der Waals surface area contributed by atoms with Crippen molar-refractivity contribution in [2.24, 2.45) is 5.92 Å². The first-order valence-electron chi connectivity index (χ1n) is 7.97. The molecule has 1 saturated carbocycles. The Morgan fingerprint density at radius 3 is 2.96 bits per heavy atom. The highest BCUT2D eigenvalue weighted by Gasteiger charge is 2.43. The molecule has 2 aliphatic rings. The molecule has 0 bridgehead atoms. The summed E-state index contributed by atoms with van der Waals surface area (Å²) in [5, 5.41) is 11.2. The fourth-order valence-electron chi connectivity index (χ4n) is 3.74. The van der Waals surface area contributed by atoms with Gasteiger partial charge in [-0.05, 0) is 18.9 Å². The second-order valence-corrected chi connectivity index (χ2v) is 6.19. The Bertz CT molecular complexity index is 606. The lowest BCUT2D eigenvalue weighted by molar-refractivity contribution is -0.386. The number of fused-ring (bicyclic) bond motifs is 1. The van der Waals surface area contributed by atoms with Gasteiger partial charge in [0.1, 0.15) is 12.3 Å². The Morgan fingerprint density at radius 1 is 1.43 bits per heavy atom. The molecule has 0 aromatic carbocycles. The number of nitro groups is 1. The Labute approximate surface area is 134 Å². The summed E-state index contributed by atoms with van der Waals surface area (Å²) in [6.07, 6.45) is 6.55. The molecule has 0 N–H and O–H groups in total. The number of hydrogen-bond donors (Lipinski definition) is 0. The van der Waals surface area contributed by atoms with Crippen molar-refractivity contribution in [3.63, 3.8) is 0 Å². The molecule has 7 heteroatoms. The molecular weight excluding hydrogens is 300 g/mol. The third kappa shape index (κ3) is 3.34. The molecule has 124 valence electrons. The van der Waals surface area contributed by atoms with E-state index in [1.165, 1.54) is 19.3 Å². The van der Waals surface area contributed by atoms with Crippen molar-refractivity contribution < 1.29 is 19.2 Å². The highest BCUT2D eigenvalue weighted by Crippen LogP contribution is 2.44. The summed E-state index contributed by atoms with van der Waals surface area (Å²) in [6.45, 7) is 1.40. The zero-order chi connectivity index (χ0) is 16.4. The van der Waals surface area contributed by atoms with Crippen LogP contribution in [-0.4, -0.2) is 28.1 Å². The lowest BCUT2D eigenvalue weighted by Gasteiger charge is -2.43. The Hall–Kier alpha value is -2.02. The number of hydrogen-bond acceptors (Lipinski definition) is 6. The van der Waals surface area contributed by atoms with Crippen LogP contribution in [0, 0.1) is 16.0 Å². The number of ether oxygens (including phenoxy) is 2. The van der Waals surface area contributed by atoms with Crippen LogP contribution in [0.2, 0.25) is 0 Å². The van der Waals surface area contributed by atoms with Gasteiger partial charge in [0.2, 0.25) is 0 Å². The molecule has 2 heterocycles. The number of aromatic nitrogens is 1. The molecule has 1 aliphatic carbocycles. The van der Waals surface area contributed by atoms with E-state index < -0.39 is 11.0 Å². The maximum atomic E-state index is 11.4. The van der Waals surface area contributed by atoms with E-state index in [1.54, 1.807) is 6.07 Å². The lowest BCUT2D eigenvalue weighted by Crippen LogP contribution is -2.44. The van der Waals surface area contributed by atoms with Gasteiger partial charge in [0.25, 0.3) is 5.69 Å². The smallest absolute Gasteiger partial charge is 0.302 e. The van der Waals surface area contributed by atoms with E-state index in [-0.39, 0.29) is 29.8 Å². The van der Waals surface area contributed by atoms with Gasteiger partial charge in [-0.15, -0.1) is 0 Å². The SMILES string of the molecule is CC(=O)OC1CC(c2ccncc2[N+](=O)[O-])OC2CCCCC12. The summed E-state index contributed by atoms with van der Waals surface area (Å²) < 4.78 is 11.7. The van der Waals surface area contributed by atoms with Gasteiger partial charge in [-0.1, -0.05) is 12.8 Å². The summed E-state index contributed by atoms with van der Waals surface area (Å²) in [4.78, 5) is 26.0. The monoisotopic (exact) mass is 320 g/mol. The zero-order valence-electron chi connectivity index (χ0n) is 13.0. The molecule has 1 aliphatic heterocycles. The summed E-state index contributed by atoms with van der Waals surface area (Å²) >= 11 is 0. The third-order valence-electron chi connectivity index (χ3n) is 4.71. The quantitative estimate of drug-likeness (QED) is 0.483. The van der Waals surface area contributed by atoms with Crippen LogP contribution >= 0.6 is 0 Å². The minimum atomic E-state index is -0.445. The molecule has 1 aromatic rings. The highest BCUT2D eigenvalue weighted by atomic mass is 16.6. The summed E-state index contributed by atoms with van der Waals surface area (Å²) in [5.41, 5.74) is 0.458. The molecular formula is C16H20N2O5. The van der Waals surface area contributed by atoms with Crippen LogP contribution in [0.4, 0.5) is 5.69 Å². The topological polar surface area (TPSA) is 91.6 Å². The van der Waals surface area contributed by atoms with Gasteiger partial charge in [0.05, 0.1) is 22.7 Å². The molecule has 4 atom stereocenters. The fourth-order valence-corrected chi connectivity index (χ4v) is 3.74. The molecule has 0 spiro atoms. The zero-order valence-corrected chi connectivity index (χ0v) is 13.0.